The second-order valence-electron chi connectivity index (χ2n) is 6.46. The van der Waals surface area contributed by atoms with Crippen molar-refractivity contribution in [2.75, 3.05) is 4.90 Å². The number of anilines is 1. The van der Waals surface area contributed by atoms with Crippen LogP contribution in [0.25, 0.3) is 0 Å². The van der Waals surface area contributed by atoms with Gasteiger partial charge in [0.2, 0.25) is 5.91 Å². The molecule has 0 radical (unpaired) electrons. The van der Waals surface area contributed by atoms with E-state index < -0.39 is 4.92 Å². The van der Waals surface area contributed by atoms with E-state index in [1.807, 2.05) is 30.3 Å². The van der Waals surface area contributed by atoms with E-state index in [2.05, 4.69) is 0 Å². The third-order valence-electron chi connectivity index (χ3n) is 5.13. The molecule has 0 aromatic heterocycles. The highest BCUT2D eigenvalue weighted by Crippen LogP contribution is 2.55. The van der Waals surface area contributed by atoms with Crippen LogP contribution >= 0.6 is 0 Å². The van der Waals surface area contributed by atoms with Crippen molar-refractivity contribution in [1.82, 2.24) is 0 Å². The standard InChI is InChI=1S/C19H16N2O4/c1-11(22)20-14-8-9-15(21(24)25)18-16(23)10-7-13(17(14)18)19(20)12-5-3-2-4-6-12/h2-6,8-9,13,19H,7,10H2,1H3. The molecule has 2 unspecified atom stereocenters. The molecule has 2 aliphatic rings. The van der Waals surface area contributed by atoms with Gasteiger partial charge in [-0.1, -0.05) is 30.3 Å². The van der Waals surface area contributed by atoms with Gasteiger partial charge in [0.1, 0.15) is 5.56 Å². The van der Waals surface area contributed by atoms with E-state index >= 15 is 0 Å². The minimum Gasteiger partial charge on any atom is -0.304 e. The number of hydrogen-bond donors (Lipinski definition) is 0. The molecule has 25 heavy (non-hydrogen) atoms. The van der Waals surface area contributed by atoms with Gasteiger partial charge in [0.15, 0.2) is 5.78 Å². The van der Waals surface area contributed by atoms with Crippen LogP contribution < -0.4 is 4.90 Å². The number of carbonyl (C=O) groups excluding carboxylic acids is 2. The highest BCUT2D eigenvalue weighted by atomic mass is 16.6. The number of carbonyl (C=O) groups is 2. The van der Waals surface area contributed by atoms with Crippen LogP contribution in [0, 0.1) is 10.1 Å². The lowest BCUT2D eigenvalue weighted by Gasteiger charge is -2.29. The van der Waals surface area contributed by atoms with Gasteiger partial charge in [-0.25, -0.2) is 0 Å². The summed E-state index contributed by atoms with van der Waals surface area (Å²) in [6.07, 6.45) is 0.848. The van der Waals surface area contributed by atoms with E-state index in [4.69, 9.17) is 0 Å². The minimum absolute atomic E-state index is 0.103. The molecule has 2 aromatic carbocycles. The Bertz CT molecular complexity index is 907. The van der Waals surface area contributed by atoms with Gasteiger partial charge in [-0.2, -0.15) is 0 Å². The van der Waals surface area contributed by atoms with Crippen molar-refractivity contribution in [1.29, 1.82) is 0 Å². The summed E-state index contributed by atoms with van der Waals surface area (Å²) in [4.78, 5) is 37.4. The van der Waals surface area contributed by atoms with Crippen molar-refractivity contribution in [3.63, 3.8) is 0 Å². The van der Waals surface area contributed by atoms with Gasteiger partial charge in [-0.3, -0.25) is 19.7 Å². The molecule has 6 nitrogen and oxygen atoms in total. The van der Waals surface area contributed by atoms with Gasteiger partial charge < -0.3 is 4.90 Å². The molecule has 1 aliphatic heterocycles. The molecule has 1 aliphatic carbocycles. The molecule has 6 heteroatoms. The number of nitrogens with zero attached hydrogens (tertiary/aromatic N) is 2. The molecule has 0 N–H and O–H groups in total. The molecule has 0 saturated heterocycles. The maximum absolute atomic E-state index is 12.4. The van der Waals surface area contributed by atoms with Crippen LogP contribution in [0.4, 0.5) is 11.4 Å². The van der Waals surface area contributed by atoms with Crippen molar-refractivity contribution in [2.24, 2.45) is 0 Å². The summed E-state index contributed by atoms with van der Waals surface area (Å²) in [5.74, 6) is -0.447. The smallest absolute Gasteiger partial charge is 0.280 e. The van der Waals surface area contributed by atoms with E-state index in [0.717, 1.165) is 5.56 Å². The predicted molar refractivity (Wildman–Crippen MR) is 91.7 cm³/mol. The van der Waals surface area contributed by atoms with Crippen molar-refractivity contribution in [3.8, 4) is 0 Å². The Kier molecular flexibility index (Phi) is 3.42. The lowest BCUT2D eigenvalue weighted by molar-refractivity contribution is -0.385. The number of amides is 1. The third kappa shape index (κ3) is 2.17. The number of nitro benzene ring substituents is 1. The monoisotopic (exact) mass is 336 g/mol. The summed E-state index contributed by atoms with van der Waals surface area (Å²) in [6.45, 7) is 1.49. The second-order valence-corrected chi connectivity index (χ2v) is 6.46. The van der Waals surface area contributed by atoms with E-state index in [1.54, 1.807) is 11.0 Å². The van der Waals surface area contributed by atoms with Crippen molar-refractivity contribution < 1.29 is 14.5 Å². The fraction of sp³-hybridized carbons (Fsp3) is 0.263. The fourth-order valence-electron chi connectivity index (χ4n) is 4.23. The lowest BCUT2D eigenvalue weighted by atomic mass is 9.78. The molecule has 1 heterocycles. The van der Waals surface area contributed by atoms with E-state index in [0.29, 0.717) is 17.7 Å². The Morgan fingerprint density at radius 1 is 1.20 bits per heavy atom. The average Bonchev–Trinajstić information content (AvgIpc) is 2.94. The van der Waals surface area contributed by atoms with Crippen LogP contribution in [0.15, 0.2) is 42.5 Å². The van der Waals surface area contributed by atoms with E-state index in [9.17, 15) is 19.7 Å². The zero-order valence-corrected chi connectivity index (χ0v) is 13.6. The fourth-order valence-corrected chi connectivity index (χ4v) is 4.23. The first kappa shape index (κ1) is 15.5. The number of Topliss-reactive ketones (excluding diaryl/α,β-unsaturated/α-hetero) is 1. The molecule has 0 saturated carbocycles. The van der Waals surface area contributed by atoms with Gasteiger partial charge in [0.05, 0.1) is 11.0 Å². The van der Waals surface area contributed by atoms with Gasteiger partial charge >= 0.3 is 0 Å². The molecule has 1 amide bonds. The molecule has 2 aromatic rings. The van der Waals surface area contributed by atoms with E-state index in [-0.39, 0.29) is 41.3 Å². The SMILES string of the molecule is CC(=O)N1c2ccc([N+](=O)[O-])c3c2C(CCC3=O)C1c1ccccc1. The largest absolute Gasteiger partial charge is 0.304 e. The van der Waals surface area contributed by atoms with Crippen molar-refractivity contribution in [2.45, 2.75) is 31.7 Å². The molecule has 126 valence electrons. The first-order chi connectivity index (χ1) is 12.0. The summed E-state index contributed by atoms with van der Waals surface area (Å²) in [5, 5.41) is 11.4. The summed E-state index contributed by atoms with van der Waals surface area (Å²) in [6, 6.07) is 12.4. The van der Waals surface area contributed by atoms with Gasteiger partial charge in [-0.05, 0) is 23.6 Å². The molecule has 0 bridgehead atoms. The zero-order chi connectivity index (χ0) is 17.7. The molecular weight excluding hydrogens is 320 g/mol. The highest BCUT2D eigenvalue weighted by Gasteiger charge is 2.47. The van der Waals surface area contributed by atoms with E-state index in [1.165, 1.54) is 13.0 Å². The molecular formula is C19H16N2O4. The summed E-state index contributed by atoms with van der Waals surface area (Å²) in [5.41, 5.74) is 2.28. The Hall–Kier alpha value is -3.02. The second kappa shape index (κ2) is 5.51. The normalized spacial score (nSPS) is 21.2. The van der Waals surface area contributed by atoms with Gasteiger partial charge in [0.25, 0.3) is 5.69 Å². The van der Waals surface area contributed by atoms with Gasteiger partial charge in [-0.15, -0.1) is 0 Å². The quantitative estimate of drug-likeness (QED) is 0.617. The molecule has 0 fully saturated rings. The van der Waals surface area contributed by atoms with Gasteiger partial charge in [0, 0.05) is 31.0 Å². The topological polar surface area (TPSA) is 80.5 Å². The van der Waals surface area contributed by atoms with Crippen LogP contribution in [-0.2, 0) is 4.79 Å². The number of rotatable bonds is 2. The molecule has 2 atom stereocenters. The van der Waals surface area contributed by atoms with Crippen LogP contribution in [0.3, 0.4) is 0 Å². The van der Waals surface area contributed by atoms with Crippen LogP contribution in [0.1, 0.15) is 53.2 Å². The first-order valence-electron chi connectivity index (χ1n) is 8.20. The Labute approximate surface area is 144 Å². The Morgan fingerprint density at radius 2 is 1.92 bits per heavy atom. The van der Waals surface area contributed by atoms with Crippen LogP contribution in [-0.4, -0.2) is 16.6 Å². The average molecular weight is 336 g/mol. The van der Waals surface area contributed by atoms with Crippen LogP contribution in [0.2, 0.25) is 0 Å². The molecule has 4 rings (SSSR count). The Balaban J connectivity index is 1.99. The predicted octanol–water partition coefficient (Wildman–Crippen LogP) is 3.76. The maximum Gasteiger partial charge on any atom is 0.280 e. The van der Waals surface area contributed by atoms with Crippen molar-refractivity contribution in [3.05, 3.63) is 69.3 Å². The minimum atomic E-state index is -0.510. The van der Waals surface area contributed by atoms with Crippen LogP contribution in [0.5, 0.6) is 0 Å². The van der Waals surface area contributed by atoms with Crippen molar-refractivity contribution >= 4 is 23.1 Å². The number of hydrogen-bond acceptors (Lipinski definition) is 4. The Morgan fingerprint density at radius 3 is 2.56 bits per heavy atom. The maximum atomic E-state index is 12.4. The number of benzene rings is 2. The first-order valence-corrected chi connectivity index (χ1v) is 8.20. The summed E-state index contributed by atoms with van der Waals surface area (Å²) in [7, 11) is 0. The zero-order valence-electron chi connectivity index (χ0n) is 13.6. The number of ketones is 1. The highest BCUT2D eigenvalue weighted by molar-refractivity contribution is 6.07. The summed E-state index contributed by atoms with van der Waals surface area (Å²) < 4.78 is 0. The third-order valence-corrected chi connectivity index (χ3v) is 5.13. The molecule has 0 spiro atoms. The lowest BCUT2D eigenvalue weighted by Crippen LogP contribution is -2.31. The number of nitro groups is 1. The summed E-state index contributed by atoms with van der Waals surface area (Å²) >= 11 is 0.